The summed E-state index contributed by atoms with van der Waals surface area (Å²) in [5.41, 5.74) is 11.4. The van der Waals surface area contributed by atoms with Crippen LogP contribution in [-0.2, 0) is 0 Å². The number of hydrazone groups is 1. The topological polar surface area (TPSA) is 102 Å². The van der Waals surface area contributed by atoms with Crippen LogP contribution in [-0.4, -0.2) is 26.2 Å². The van der Waals surface area contributed by atoms with Gasteiger partial charge >= 0.3 is 0 Å². The fourth-order valence-electron chi connectivity index (χ4n) is 1.98. The van der Waals surface area contributed by atoms with Crippen LogP contribution in [0, 0.1) is 6.92 Å². The lowest BCUT2D eigenvalue weighted by Crippen LogP contribution is -2.05. The molecule has 0 saturated carbocycles. The molecule has 0 bridgehead atoms. The molecular weight excluding hydrogens is 290 g/mol. The Morgan fingerprint density at radius 3 is 2.83 bits per heavy atom. The zero-order valence-electron chi connectivity index (χ0n) is 12.5. The summed E-state index contributed by atoms with van der Waals surface area (Å²) in [6.45, 7) is 2.03. The fourth-order valence-corrected chi connectivity index (χ4v) is 1.98. The number of anilines is 2. The summed E-state index contributed by atoms with van der Waals surface area (Å²) in [4.78, 5) is 16.4. The van der Waals surface area contributed by atoms with Crippen LogP contribution in [0.5, 0.6) is 0 Å². The minimum absolute atomic E-state index is 0.118. The van der Waals surface area contributed by atoms with Crippen LogP contribution in [0.4, 0.5) is 11.9 Å². The number of nitrogens with zero attached hydrogens (tertiary/aromatic N) is 5. The molecule has 3 aromatic rings. The Hall–Kier alpha value is -3.35. The molecule has 0 aliphatic rings. The molecule has 2 aromatic heterocycles. The first-order valence-electron chi connectivity index (χ1n) is 6.98. The lowest BCUT2D eigenvalue weighted by Gasteiger charge is -2.03. The number of pyridine rings is 1. The first kappa shape index (κ1) is 14.6. The van der Waals surface area contributed by atoms with Gasteiger partial charge in [0.05, 0.1) is 6.21 Å². The van der Waals surface area contributed by atoms with E-state index in [0.29, 0.717) is 5.82 Å². The van der Waals surface area contributed by atoms with Gasteiger partial charge in [-0.25, -0.2) is 5.43 Å². The van der Waals surface area contributed by atoms with Gasteiger partial charge in [0.1, 0.15) is 0 Å². The molecule has 7 heteroatoms. The number of hydrogen-bond donors (Lipinski definition) is 2. The van der Waals surface area contributed by atoms with Gasteiger partial charge < -0.3 is 5.73 Å². The predicted octanol–water partition coefficient (Wildman–Crippen LogP) is 2.27. The largest absolute Gasteiger partial charge is 0.368 e. The maximum absolute atomic E-state index is 5.72. The molecule has 0 aliphatic carbocycles. The van der Waals surface area contributed by atoms with E-state index in [0.717, 1.165) is 16.7 Å². The highest BCUT2D eigenvalue weighted by molar-refractivity contribution is 5.80. The standard InChI is InChI=1S/C16H15N7/c1-11-4-2-5-12(8-11)9-19-23-16-21-14(20-15(17)22-16)13-6-3-7-18-10-13/h2-10H,1H3,(H3,17,20,21,22,23). The molecule has 0 radical (unpaired) electrons. The lowest BCUT2D eigenvalue weighted by molar-refractivity contribution is 1.05. The smallest absolute Gasteiger partial charge is 0.248 e. The van der Waals surface area contributed by atoms with Gasteiger partial charge in [0.2, 0.25) is 11.9 Å². The highest BCUT2D eigenvalue weighted by Crippen LogP contribution is 2.15. The average Bonchev–Trinajstić information content (AvgIpc) is 2.55. The Morgan fingerprint density at radius 2 is 2.04 bits per heavy atom. The lowest BCUT2D eigenvalue weighted by atomic mass is 10.2. The summed E-state index contributed by atoms with van der Waals surface area (Å²) in [5, 5.41) is 4.13. The van der Waals surface area contributed by atoms with Gasteiger partial charge in [-0.1, -0.05) is 29.8 Å². The summed E-state index contributed by atoms with van der Waals surface area (Å²) in [7, 11) is 0. The third kappa shape index (κ3) is 3.85. The predicted molar refractivity (Wildman–Crippen MR) is 89.9 cm³/mol. The Kier molecular flexibility index (Phi) is 4.19. The minimum Gasteiger partial charge on any atom is -0.368 e. The monoisotopic (exact) mass is 305 g/mol. The van der Waals surface area contributed by atoms with E-state index < -0.39 is 0 Å². The molecule has 0 aliphatic heterocycles. The maximum Gasteiger partial charge on any atom is 0.248 e. The van der Waals surface area contributed by atoms with Crippen molar-refractivity contribution in [1.29, 1.82) is 0 Å². The molecule has 0 saturated heterocycles. The van der Waals surface area contributed by atoms with Crippen molar-refractivity contribution in [3.8, 4) is 11.4 Å². The number of aryl methyl sites for hydroxylation is 1. The molecule has 114 valence electrons. The van der Waals surface area contributed by atoms with Crippen LogP contribution in [0.15, 0.2) is 53.9 Å². The molecule has 0 unspecified atom stereocenters. The second kappa shape index (κ2) is 6.61. The SMILES string of the molecule is Cc1cccc(C=NNc2nc(N)nc(-c3cccnc3)n2)c1. The van der Waals surface area contributed by atoms with E-state index in [2.05, 4.69) is 30.5 Å². The summed E-state index contributed by atoms with van der Waals surface area (Å²) in [5.74, 6) is 0.839. The van der Waals surface area contributed by atoms with Crippen LogP contribution in [0.25, 0.3) is 11.4 Å². The van der Waals surface area contributed by atoms with Crippen LogP contribution < -0.4 is 11.2 Å². The summed E-state index contributed by atoms with van der Waals surface area (Å²) in [6, 6.07) is 11.6. The van der Waals surface area contributed by atoms with Crippen molar-refractivity contribution in [1.82, 2.24) is 19.9 Å². The Balaban J connectivity index is 1.79. The molecular formula is C16H15N7. The van der Waals surface area contributed by atoms with E-state index in [1.165, 1.54) is 0 Å². The van der Waals surface area contributed by atoms with Gasteiger partial charge in [0.25, 0.3) is 0 Å². The van der Waals surface area contributed by atoms with E-state index in [-0.39, 0.29) is 11.9 Å². The maximum atomic E-state index is 5.72. The second-order valence-corrected chi connectivity index (χ2v) is 4.87. The number of rotatable bonds is 4. The van der Waals surface area contributed by atoms with Gasteiger partial charge in [0, 0.05) is 18.0 Å². The fraction of sp³-hybridized carbons (Fsp3) is 0.0625. The van der Waals surface area contributed by atoms with Crippen LogP contribution in [0.1, 0.15) is 11.1 Å². The molecule has 1 aromatic carbocycles. The molecule has 3 rings (SSSR count). The molecule has 2 heterocycles. The molecule has 0 atom stereocenters. The number of nitrogen functional groups attached to an aromatic ring is 1. The minimum atomic E-state index is 0.118. The van der Waals surface area contributed by atoms with Crippen LogP contribution in [0.3, 0.4) is 0 Å². The average molecular weight is 305 g/mol. The molecule has 0 spiro atoms. The zero-order valence-corrected chi connectivity index (χ0v) is 12.5. The number of benzene rings is 1. The number of aromatic nitrogens is 4. The normalized spacial score (nSPS) is 10.8. The van der Waals surface area contributed by atoms with Gasteiger partial charge in [-0.05, 0) is 24.6 Å². The number of nitrogens with one attached hydrogen (secondary N) is 1. The summed E-state index contributed by atoms with van der Waals surface area (Å²) in [6.07, 6.45) is 5.03. The summed E-state index contributed by atoms with van der Waals surface area (Å²) < 4.78 is 0. The third-order valence-corrected chi connectivity index (χ3v) is 2.99. The van der Waals surface area contributed by atoms with E-state index in [4.69, 9.17) is 5.73 Å². The van der Waals surface area contributed by atoms with Crippen molar-refractivity contribution < 1.29 is 0 Å². The quantitative estimate of drug-likeness (QED) is 0.566. The summed E-state index contributed by atoms with van der Waals surface area (Å²) >= 11 is 0. The highest BCUT2D eigenvalue weighted by Gasteiger charge is 2.06. The van der Waals surface area contributed by atoms with E-state index in [1.54, 1.807) is 24.7 Å². The van der Waals surface area contributed by atoms with E-state index in [1.807, 2.05) is 37.3 Å². The van der Waals surface area contributed by atoms with Crippen molar-refractivity contribution in [2.24, 2.45) is 5.10 Å². The second-order valence-electron chi connectivity index (χ2n) is 4.87. The van der Waals surface area contributed by atoms with E-state index in [9.17, 15) is 0 Å². The number of hydrogen-bond acceptors (Lipinski definition) is 7. The number of nitrogens with two attached hydrogens (primary N) is 1. The molecule has 23 heavy (non-hydrogen) atoms. The van der Waals surface area contributed by atoms with Crippen molar-refractivity contribution >= 4 is 18.1 Å². The van der Waals surface area contributed by atoms with Crippen molar-refractivity contribution in [2.75, 3.05) is 11.2 Å². The Bertz CT molecular complexity index is 831. The van der Waals surface area contributed by atoms with Crippen molar-refractivity contribution in [2.45, 2.75) is 6.92 Å². The van der Waals surface area contributed by atoms with Crippen LogP contribution in [0.2, 0.25) is 0 Å². The van der Waals surface area contributed by atoms with Gasteiger partial charge in [-0.2, -0.15) is 20.1 Å². The zero-order chi connectivity index (χ0) is 16.1. The third-order valence-electron chi connectivity index (χ3n) is 2.99. The van der Waals surface area contributed by atoms with Crippen molar-refractivity contribution in [3.63, 3.8) is 0 Å². The van der Waals surface area contributed by atoms with Gasteiger partial charge in [-0.15, -0.1) is 0 Å². The molecule has 3 N–H and O–H groups in total. The highest BCUT2D eigenvalue weighted by atomic mass is 15.4. The van der Waals surface area contributed by atoms with E-state index >= 15 is 0 Å². The first-order valence-corrected chi connectivity index (χ1v) is 6.98. The first-order chi connectivity index (χ1) is 11.2. The van der Waals surface area contributed by atoms with Crippen molar-refractivity contribution in [3.05, 3.63) is 59.9 Å². The molecule has 7 nitrogen and oxygen atoms in total. The van der Waals surface area contributed by atoms with Crippen LogP contribution >= 0.6 is 0 Å². The van der Waals surface area contributed by atoms with Gasteiger partial charge in [0.15, 0.2) is 5.82 Å². The Labute approximate surface area is 133 Å². The van der Waals surface area contributed by atoms with Gasteiger partial charge in [-0.3, -0.25) is 4.98 Å². The Morgan fingerprint density at radius 1 is 1.13 bits per heavy atom. The molecule has 0 amide bonds. The molecule has 0 fully saturated rings.